The Hall–Kier alpha value is -2.36. The van der Waals surface area contributed by atoms with Crippen molar-refractivity contribution in [3.8, 4) is 0 Å². The molecule has 2 rings (SSSR count). The molecule has 1 heterocycles. The maximum Gasteiger partial charge on any atom is 0.339 e. The molecule has 1 aromatic heterocycles. The van der Waals surface area contributed by atoms with Crippen LogP contribution in [0.25, 0.3) is 0 Å². The summed E-state index contributed by atoms with van der Waals surface area (Å²) in [4.78, 5) is 15.0. The normalized spacial score (nSPS) is 10.2. The molecular formula is C15H16N2O2. The lowest BCUT2D eigenvalue weighted by Gasteiger charge is -2.13. The molecule has 1 aromatic carbocycles. The van der Waals surface area contributed by atoms with E-state index in [0.29, 0.717) is 5.69 Å². The van der Waals surface area contributed by atoms with Gasteiger partial charge in [-0.2, -0.15) is 0 Å². The molecule has 19 heavy (non-hydrogen) atoms. The lowest BCUT2D eigenvalue weighted by molar-refractivity contribution is 0.0697. The Kier molecular flexibility index (Phi) is 4.13. The number of hydrogen-bond acceptors (Lipinski definition) is 3. The topological polar surface area (TPSA) is 62.2 Å². The number of aromatic carboxylic acids is 1. The van der Waals surface area contributed by atoms with Gasteiger partial charge in [-0.15, -0.1) is 0 Å². The molecular weight excluding hydrogens is 240 g/mol. The van der Waals surface area contributed by atoms with Gasteiger partial charge in [0.25, 0.3) is 0 Å². The Bertz CT molecular complexity index is 582. The zero-order valence-corrected chi connectivity index (χ0v) is 10.8. The lowest BCUT2D eigenvalue weighted by Crippen LogP contribution is -2.04. The van der Waals surface area contributed by atoms with Crippen LogP contribution in [0.1, 0.15) is 29.3 Å². The molecule has 98 valence electrons. The van der Waals surface area contributed by atoms with E-state index in [1.807, 2.05) is 24.3 Å². The van der Waals surface area contributed by atoms with Crippen LogP contribution in [-0.2, 0) is 6.42 Å². The summed E-state index contributed by atoms with van der Waals surface area (Å²) in [5.74, 6) is -0.983. The Labute approximate surface area is 112 Å². The molecule has 0 aliphatic rings. The van der Waals surface area contributed by atoms with Crippen LogP contribution in [0.3, 0.4) is 0 Å². The van der Waals surface area contributed by atoms with Crippen molar-refractivity contribution in [2.45, 2.75) is 19.8 Å². The number of para-hydroxylation sites is 1. The molecule has 0 bridgehead atoms. The van der Waals surface area contributed by atoms with Gasteiger partial charge in [0.2, 0.25) is 0 Å². The Morgan fingerprint density at radius 1 is 1.26 bits per heavy atom. The number of benzene rings is 1. The first-order valence-corrected chi connectivity index (χ1v) is 6.24. The molecule has 2 aromatic rings. The maximum atomic E-state index is 11.1. The van der Waals surface area contributed by atoms with Gasteiger partial charge in [-0.3, -0.25) is 4.98 Å². The van der Waals surface area contributed by atoms with Crippen molar-refractivity contribution in [3.63, 3.8) is 0 Å². The van der Waals surface area contributed by atoms with Crippen molar-refractivity contribution in [1.29, 1.82) is 0 Å². The third-order valence-electron chi connectivity index (χ3n) is 2.86. The number of carboxylic acid groups (broad SMARTS) is 1. The summed E-state index contributed by atoms with van der Waals surface area (Å²) < 4.78 is 0. The van der Waals surface area contributed by atoms with E-state index in [1.54, 1.807) is 12.3 Å². The highest BCUT2D eigenvalue weighted by Gasteiger charge is 2.10. The molecule has 2 N–H and O–H groups in total. The fraction of sp³-hybridized carbons (Fsp3) is 0.200. The zero-order chi connectivity index (χ0) is 13.7. The number of aryl methyl sites for hydroxylation is 1. The molecule has 0 aliphatic heterocycles. The van der Waals surface area contributed by atoms with Crippen LogP contribution in [0.4, 0.5) is 11.4 Å². The lowest BCUT2D eigenvalue weighted by atomic mass is 10.1. The summed E-state index contributed by atoms with van der Waals surface area (Å²) in [6.07, 6.45) is 4.93. The minimum atomic E-state index is -0.983. The minimum Gasteiger partial charge on any atom is -0.478 e. The number of carboxylic acids is 1. The highest BCUT2D eigenvalue weighted by Crippen LogP contribution is 2.24. The van der Waals surface area contributed by atoms with Crippen molar-refractivity contribution in [3.05, 3.63) is 53.9 Å². The summed E-state index contributed by atoms with van der Waals surface area (Å²) in [5.41, 5.74) is 2.86. The van der Waals surface area contributed by atoms with E-state index in [1.165, 1.54) is 11.8 Å². The van der Waals surface area contributed by atoms with Crippen molar-refractivity contribution in [1.82, 2.24) is 4.98 Å². The molecule has 0 unspecified atom stereocenters. The van der Waals surface area contributed by atoms with E-state index >= 15 is 0 Å². The van der Waals surface area contributed by atoms with Crippen molar-refractivity contribution < 1.29 is 9.90 Å². The van der Waals surface area contributed by atoms with Gasteiger partial charge in [0.15, 0.2) is 0 Å². The number of nitrogens with one attached hydrogen (secondary N) is 1. The first-order chi connectivity index (χ1) is 9.22. The quantitative estimate of drug-likeness (QED) is 0.859. The van der Waals surface area contributed by atoms with Gasteiger partial charge in [0.05, 0.1) is 5.69 Å². The highest BCUT2D eigenvalue weighted by atomic mass is 16.4. The summed E-state index contributed by atoms with van der Waals surface area (Å²) in [6.45, 7) is 2.12. The highest BCUT2D eigenvalue weighted by molar-refractivity contribution is 5.94. The van der Waals surface area contributed by atoms with Crippen LogP contribution in [0.2, 0.25) is 0 Å². The summed E-state index contributed by atoms with van der Waals surface area (Å²) in [7, 11) is 0. The molecule has 4 heteroatoms. The van der Waals surface area contributed by atoms with E-state index < -0.39 is 5.97 Å². The molecule has 0 atom stereocenters. The van der Waals surface area contributed by atoms with Crippen LogP contribution < -0.4 is 5.32 Å². The average Bonchev–Trinajstić information content (AvgIpc) is 2.42. The van der Waals surface area contributed by atoms with Crippen molar-refractivity contribution in [2.75, 3.05) is 5.32 Å². The first-order valence-electron chi connectivity index (χ1n) is 6.24. The van der Waals surface area contributed by atoms with Gasteiger partial charge >= 0.3 is 5.97 Å². The SMILES string of the molecule is CCCc1ccccc1Nc1ccncc1C(=O)O. The molecule has 0 amide bonds. The molecule has 0 saturated carbocycles. The van der Waals surface area contributed by atoms with Crippen molar-refractivity contribution >= 4 is 17.3 Å². The third kappa shape index (κ3) is 3.10. The van der Waals surface area contributed by atoms with E-state index in [9.17, 15) is 4.79 Å². The van der Waals surface area contributed by atoms with Crippen LogP contribution >= 0.6 is 0 Å². The van der Waals surface area contributed by atoms with Gasteiger partial charge in [-0.05, 0) is 24.1 Å². The number of nitrogens with zero attached hydrogens (tertiary/aromatic N) is 1. The van der Waals surface area contributed by atoms with E-state index in [0.717, 1.165) is 18.5 Å². The van der Waals surface area contributed by atoms with Crippen LogP contribution in [0.15, 0.2) is 42.7 Å². The van der Waals surface area contributed by atoms with Gasteiger partial charge in [-0.25, -0.2) is 4.79 Å². The monoisotopic (exact) mass is 256 g/mol. The second kappa shape index (κ2) is 6.00. The summed E-state index contributed by atoms with van der Waals surface area (Å²) in [6, 6.07) is 9.60. The van der Waals surface area contributed by atoms with Crippen LogP contribution in [0.5, 0.6) is 0 Å². The average molecular weight is 256 g/mol. The molecule has 0 fully saturated rings. The Morgan fingerprint density at radius 3 is 2.79 bits per heavy atom. The fourth-order valence-corrected chi connectivity index (χ4v) is 1.95. The van der Waals surface area contributed by atoms with Crippen LogP contribution in [-0.4, -0.2) is 16.1 Å². The maximum absolute atomic E-state index is 11.1. The second-order valence-electron chi connectivity index (χ2n) is 4.26. The molecule has 0 radical (unpaired) electrons. The predicted octanol–water partition coefficient (Wildman–Crippen LogP) is 3.48. The van der Waals surface area contributed by atoms with Gasteiger partial charge in [0, 0.05) is 18.1 Å². The summed E-state index contributed by atoms with van der Waals surface area (Å²) >= 11 is 0. The Balaban J connectivity index is 2.34. The fourth-order valence-electron chi connectivity index (χ4n) is 1.95. The largest absolute Gasteiger partial charge is 0.478 e. The van der Waals surface area contributed by atoms with E-state index in [4.69, 9.17) is 5.11 Å². The van der Waals surface area contributed by atoms with E-state index in [2.05, 4.69) is 17.2 Å². The Morgan fingerprint density at radius 2 is 2.05 bits per heavy atom. The second-order valence-corrected chi connectivity index (χ2v) is 4.26. The van der Waals surface area contributed by atoms with E-state index in [-0.39, 0.29) is 5.56 Å². The number of carbonyl (C=O) groups is 1. The molecule has 4 nitrogen and oxygen atoms in total. The van der Waals surface area contributed by atoms with Gasteiger partial charge in [0.1, 0.15) is 5.56 Å². The standard InChI is InChI=1S/C15H16N2O2/c1-2-5-11-6-3-4-7-13(11)17-14-8-9-16-10-12(14)15(18)19/h3-4,6-10H,2,5H2,1H3,(H,16,17)(H,18,19). The predicted molar refractivity (Wildman–Crippen MR) is 74.9 cm³/mol. The molecule has 0 spiro atoms. The number of anilines is 2. The van der Waals surface area contributed by atoms with Crippen molar-refractivity contribution in [2.24, 2.45) is 0 Å². The molecule has 0 saturated heterocycles. The zero-order valence-electron chi connectivity index (χ0n) is 10.8. The minimum absolute atomic E-state index is 0.175. The molecule has 0 aliphatic carbocycles. The number of aromatic nitrogens is 1. The third-order valence-corrected chi connectivity index (χ3v) is 2.86. The first kappa shape index (κ1) is 13.1. The van der Waals surface area contributed by atoms with Gasteiger partial charge in [-0.1, -0.05) is 31.5 Å². The summed E-state index contributed by atoms with van der Waals surface area (Å²) in [5, 5.41) is 12.3. The smallest absolute Gasteiger partial charge is 0.339 e. The number of hydrogen-bond donors (Lipinski definition) is 2. The number of rotatable bonds is 5. The number of pyridine rings is 1. The van der Waals surface area contributed by atoms with Crippen LogP contribution in [0, 0.1) is 0 Å². The van der Waals surface area contributed by atoms with Gasteiger partial charge < -0.3 is 10.4 Å².